The summed E-state index contributed by atoms with van der Waals surface area (Å²) in [6, 6.07) is 14.0. The number of piperidine rings is 1. The molecule has 1 aliphatic rings. The fraction of sp³-hybridized carbons (Fsp3) is 0.350. The molecule has 6 nitrogen and oxygen atoms in total. The SMILES string of the molecule is Cc1c(Cl)cccc1S(=O)(=O)NC1CCN(CC(=O)Nc2ccccc2)CC1. The molecule has 0 radical (unpaired) electrons. The van der Waals surface area contributed by atoms with Crippen molar-refractivity contribution >= 4 is 33.2 Å². The first-order valence-electron chi connectivity index (χ1n) is 9.20. The maximum Gasteiger partial charge on any atom is 0.241 e. The molecule has 0 atom stereocenters. The van der Waals surface area contributed by atoms with Crippen LogP contribution in [0.3, 0.4) is 0 Å². The van der Waals surface area contributed by atoms with Crippen LogP contribution in [0, 0.1) is 6.92 Å². The van der Waals surface area contributed by atoms with Gasteiger partial charge in [0.05, 0.1) is 11.4 Å². The van der Waals surface area contributed by atoms with Crippen molar-refractivity contribution in [3.8, 4) is 0 Å². The summed E-state index contributed by atoms with van der Waals surface area (Å²) in [4.78, 5) is 14.4. The Bertz CT molecular complexity index is 927. The number of amides is 1. The second-order valence-electron chi connectivity index (χ2n) is 6.95. The molecule has 0 aromatic heterocycles. The Morgan fingerprint density at radius 2 is 1.79 bits per heavy atom. The predicted octanol–water partition coefficient (Wildman–Crippen LogP) is 3.03. The van der Waals surface area contributed by atoms with Gasteiger partial charge in [0.2, 0.25) is 15.9 Å². The lowest BCUT2D eigenvalue weighted by molar-refractivity contribution is -0.117. The zero-order valence-electron chi connectivity index (χ0n) is 15.7. The lowest BCUT2D eigenvalue weighted by Crippen LogP contribution is -2.46. The summed E-state index contributed by atoms with van der Waals surface area (Å²) in [6.45, 7) is 3.31. The maximum atomic E-state index is 12.7. The fourth-order valence-electron chi connectivity index (χ4n) is 3.30. The lowest BCUT2D eigenvalue weighted by atomic mass is 10.1. The highest BCUT2D eigenvalue weighted by Gasteiger charge is 2.26. The molecule has 150 valence electrons. The summed E-state index contributed by atoms with van der Waals surface area (Å²) in [5.41, 5.74) is 1.32. The largest absolute Gasteiger partial charge is 0.325 e. The van der Waals surface area contributed by atoms with Crippen molar-refractivity contribution in [3.05, 3.63) is 59.1 Å². The molecule has 2 aromatic carbocycles. The van der Waals surface area contributed by atoms with Crippen LogP contribution in [-0.4, -0.2) is 44.9 Å². The molecule has 1 amide bonds. The molecule has 8 heteroatoms. The first kappa shape index (κ1) is 20.8. The van der Waals surface area contributed by atoms with Crippen molar-refractivity contribution in [2.45, 2.75) is 30.7 Å². The number of carbonyl (C=O) groups is 1. The van der Waals surface area contributed by atoms with Crippen molar-refractivity contribution < 1.29 is 13.2 Å². The number of anilines is 1. The molecule has 0 aliphatic carbocycles. The molecule has 3 rings (SSSR count). The van der Waals surface area contributed by atoms with Gasteiger partial charge in [-0.1, -0.05) is 35.9 Å². The van der Waals surface area contributed by atoms with E-state index in [9.17, 15) is 13.2 Å². The average Bonchev–Trinajstić information content (AvgIpc) is 2.66. The van der Waals surface area contributed by atoms with Crippen molar-refractivity contribution in [2.24, 2.45) is 0 Å². The van der Waals surface area contributed by atoms with E-state index in [0.29, 0.717) is 43.1 Å². The Hall–Kier alpha value is -1.93. The summed E-state index contributed by atoms with van der Waals surface area (Å²) in [5.74, 6) is -0.0696. The number of nitrogens with one attached hydrogen (secondary N) is 2. The summed E-state index contributed by atoms with van der Waals surface area (Å²) < 4.78 is 28.2. The van der Waals surface area contributed by atoms with Crippen LogP contribution in [-0.2, 0) is 14.8 Å². The molecule has 2 aromatic rings. The minimum atomic E-state index is -3.63. The van der Waals surface area contributed by atoms with Crippen LogP contribution in [0.4, 0.5) is 5.69 Å². The van der Waals surface area contributed by atoms with Crippen molar-refractivity contribution in [3.63, 3.8) is 0 Å². The van der Waals surface area contributed by atoms with E-state index < -0.39 is 10.0 Å². The summed E-state index contributed by atoms with van der Waals surface area (Å²) in [5, 5.41) is 3.30. The second kappa shape index (κ2) is 9.05. The zero-order valence-corrected chi connectivity index (χ0v) is 17.3. The Balaban J connectivity index is 1.51. The molecule has 0 saturated carbocycles. The summed E-state index contributed by atoms with van der Waals surface area (Å²) in [7, 11) is -3.63. The molecule has 1 fully saturated rings. The molecule has 28 heavy (non-hydrogen) atoms. The monoisotopic (exact) mass is 421 g/mol. The normalized spacial score (nSPS) is 16.1. The van der Waals surface area contributed by atoms with Gasteiger partial charge < -0.3 is 5.32 Å². The predicted molar refractivity (Wildman–Crippen MR) is 111 cm³/mol. The molecule has 1 heterocycles. The summed E-state index contributed by atoms with van der Waals surface area (Å²) in [6.07, 6.45) is 1.30. The number of rotatable bonds is 6. The van der Waals surface area contributed by atoms with E-state index in [0.717, 1.165) is 5.69 Å². The van der Waals surface area contributed by atoms with Gasteiger partial charge in [-0.3, -0.25) is 9.69 Å². The minimum absolute atomic E-state index is 0.0696. The maximum absolute atomic E-state index is 12.7. The Kier molecular flexibility index (Phi) is 6.72. The molecule has 1 saturated heterocycles. The van der Waals surface area contributed by atoms with E-state index in [-0.39, 0.29) is 16.8 Å². The number of sulfonamides is 1. The van der Waals surface area contributed by atoms with Gasteiger partial charge in [0.25, 0.3) is 0 Å². The minimum Gasteiger partial charge on any atom is -0.325 e. The first-order valence-corrected chi connectivity index (χ1v) is 11.1. The first-order chi connectivity index (χ1) is 13.3. The fourth-order valence-corrected chi connectivity index (χ4v) is 5.10. The van der Waals surface area contributed by atoms with Gasteiger partial charge >= 0.3 is 0 Å². The second-order valence-corrected chi connectivity index (χ2v) is 9.04. The highest BCUT2D eigenvalue weighted by atomic mass is 35.5. The lowest BCUT2D eigenvalue weighted by Gasteiger charge is -2.31. The Morgan fingerprint density at radius 3 is 2.46 bits per heavy atom. The summed E-state index contributed by atoms with van der Waals surface area (Å²) >= 11 is 6.05. The highest BCUT2D eigenvalue weighted by Crippen LogP contribution is 2.23. The van der Waals surface area contributed by atoms with Gasteiger partial charge in [-0.05, 0) is 49.6 Å². The van der Waals surface area contributed by atoms with Crippen LogP contribution >= 0.6 is 11.6 Å². The average molecular weight is 422 g/mol. The van der Waals surface area contributed by atoms with Gasteiger partial charge in [-0.25, -0.2) is 13.1 Å². The van der Waals surface area contributed by atoms with Gasteiger partial charge in [-0.2, -0.15) is 0 Å². The smallest absolute Gasteiger partial charge is 0.241 e. The molecular formula is C20H24ClN3O3S. The van der Waals surface area contributed by atoms with Gasteiger partial charge in [0.15, 0.2) is 0 Å². The molecule has 0 bridgehead atoms. The van der Waals surface area contributed by atoms with Crippen LogP contribution in [0.25, 0.3) is 0 Å². The quantitative estimate of drug-likeness (QED) is 0.751. The third kappa shape index (κ3) is 5.32. The number of halogens is 1. The number of benzene rings is 2. The third-order valence-electron chi connectivity index (χ3n) is 4.84. The Labute approximate surface area is 170 Å². The molecule has 0 unspecified atom stereocenters. The number of carbonyl (C=O) groups excluding carboxylic acids is 1. The molecule has 0 spiro atoms. The van der Waals surface area contributed by atoms with Crippen molar-refractivity contribution in [1.29, 1.82) is 0 Å². The number of nitrogens with zero attached hydrogens (tertiary/aromatic N) is 1. The van der Waals surface area contributed by atoms with Crippen LogP contribution in [0.1, 0.15) is 18.4 Å². The topological polar surface area (TPSA) is 78.5 Å². The number of hydrogen-bond acceptors (Lipinski definition) is 4. The number of hydrogen-bond donors (Lipinski definition) is 2. The van der Waals surface area contributed by atoms with Crippen LogP contribution in [0.5, 0.6) is 0 Å². The van der Waals surface area contributed by atoms with Crippen LogP contribution in [0.15, 0.2) is 53.4 Å². The van der Waals surface area contributed by atoms with Crippen LogP contribution < -0.4 is 10.0 Å². The van der Waals surface area contributed by atoms with E-state index in [4.69, 9.17) is 11.6 Å². The number of para-hydroxylation sites is 1. The van der Waals surface area contributed by atoms with Gasteiger partial charge in [0.1, 0.15) is 0 Å². The molecule has 1 aliphatic heterocycles. The highest BCUT2D eigenvalue weighted by molar-refractivity contribution is 7.89. The molecular weight excluding hydrogens is 398 g/mol. The molecule has 2 N–H and O–H groups in total. The van der Waals surface area contributed by atoms with Crippen molar-refractivity contribution in [2.75, 3.05) is 25.0 Å². The van der Waals surface area contributed by atoms with E-state index in [1.54, 1.807) is 25.1 Å². The van der Waals surface area contributed by atoms with Gasteiger partial charge in [0, 0.05) is 29.8 Å². The standard InChI is InChI=1S/C20H24ClN3O3S/c1-15-18(21)8-5-9-19(15)28(26,27)23-17-10-12-24(13-11-17)14-20(25)22-16-6-3-2-4-7-16/h2-9,17,23H,10-14H2,1H3,(H,22,25). The Morgan fingerprint density at radius 1 is 1.11 bits per heavy atom. The van der Waals surface area contributed by atoms with Crippen LogP contribution in [0.2, 0.25) is 5.02 Å². The van der Waals surface area contributed by atoms with E-state index in [1.807, 2.05) is 35.2 Å². The number of likely N-dealkylation sites (tertiary alicyclic amines) is 1. The van der Waals surface area contributed by atoms with Crippen molar-refractivity contribution in [1.82, 2.24) is 9.62 Å². The van der Waals surface area contributed by atoms with E-state index >= 15 is 0 Å². The van der Waals surface area contributed by atoms with Gasteiger partial charge in [-0.15, -0.1) is 0 Å². The van der Waals surface area contributed by atoms with E-state index in [1.165, 1.54) is 0 Å². The zero-order chi connectivity index (χ0) is 20.1. The third-order valence-corrected chi connectivity index (χ3v) is 6.92. The van der Waals surface area contributed by atoms with E-state index in [2.05, 4.69) is 10.0 Å².